The van der Waals surface area contributed by atoms with Crippen molar-refractivity contribution >= 4 is 8.32 Å². The molecule has 150 valence electrons. The van der Waals surface area contributed by atoms with Crippen LogP contribution in [0.5, 0.6) is 0 Å². The summed E-state index contributed by atoms with van der Waals surface area (Å²) in [4.78, 5) is 0. The molecular weight excluding hydrogens is 328 g/mol. The average molecular weight is 373 g/mol. The van der Waals surface area contributed by atoms with Crippen molar-refractivity contribution < 1.29 is 13.9 Å². The second-order valence-corrected chi connectivity index (χ2v) is 13.7. The van der Waals surface area contributed by atoms with Gasteiger partial charge in [0.05, 0.1) is 6.10 Å². The van der Waals surface area contributed by atoms with E-state index >= 15 is 0 Å². The molecule has 0 aromatic heterocycles. The Bertz CT molecular complexity index is 350. The molecule has 0 amide bonds. The standard InChI is InChI=1S/C21H44O3Si/c1-10-12-18(3)14-15-20(24-25(8,9)21(4,5)6)16-19(13-11-2)23-17-22-7/h10,18-20H,1,11-17H2,2-9H3/t18-,19-,20-/m0/s1. The predicted molar refractivity (Wildman–Crippen MR) is 112 cm³/mol. The van der Waals surface area contributed by atoms with Gasteiger partial charge in [0.15, 0.2) is 8.32 Å². The normalized spacial score (nSPS) is 16.5. The molecule has 0 aromatic rings. The fraction of sp³-hybridized carbons (Fsp3) is 0.905. The first kappa shape index (κ1) is 24.8. The van der Waals surface area contributed by atoms with Crippen molar-refractivity contribution in [2.45, 2.75) is 103 Å². The van der Waals surface area contributed by atoms with Crippen molar-refractivity contribution in [2.24, 2.45) is 5.92 Å². The van der Waals surface area contributed by atoms with E-state index in [9.17, 15) is 0 Å². The van der Waals surface area contributed by atoms with Crippen LogP contribution in [0.2, 0.25) is 18.1 Å². The SMILES string of the molecule is C=CC[C@H](C)CC[C@@H](C[C@H](CCC)OCOC)O[Si](C)(C)C(C)(C)C. The Morgan fingerprint density at radius 1 is 1.08 bits per heavy atom. The van der Waals surface area contributed by atoms with Gasteiger partial charge in [-0.2, -0.15) is 0 Å². The summed E-state index contributed by atoms with van der Waals surface area (Å²) in [6, 6.07) is 0. The molecule has 0 radical (unpaired) electrons. The molecule has 0 N–H and O–H groups in total. The minimum absolute atomic E-state index is 0.217. The fourth-order valence-corrected chi connectivity index (χ4v) is 4.14. The second kappa shape index (κ2) is 12.3. The van der Waals surface area contributed by atoms with Gasteiger partial charge in [0.1, 0.15) is 6.79 Å². The summed E-state index contributed by atoms with van der Waals surface area (Å²) in [5.74, 6) is 0.660. The molecule has 25 heavy (non-hydrogen) atoms. The maximum atomic E-state index is 6.78. The Balaban J connectivity index is 4.99. The lowest BCUT2D eigenvalue weighted by Crippen LogP contribution is -2.45. The van der Waals surface area contributed by atoms with Gasteiger partial charge in [-0.05, 0) is 56.2 Å². The van der Waals surface area contributed by atoms with E-state index in [1.807, 2.05) is 6.08 Å². The number of hydrogen-bond donors (Lipinski definition) is 0. The van der Waals surface area contributed by atoms with Crippen molar-refractivity contribution in [2.75, 3.05) is 13.9 Å². The molecule has 4 heteroatoms. The molecule has 0 unspecified atom stereocenters. The summed E-state index contributed by atoms with van der Waals surface area (Å²) in [5, 5.41) is 0.228. The van der Waals surface area contributed by atoms with Crippen molar-refractivity contribution in [3.63, 3.8) is 0 Å². The highest BCUT2D eigenvalue weighted by Crippen LogP contribution is 2.38. The monoisotopic (exact) mass is 372 g/mol. The highest BCUT2D eigenvalue weighted by Gasteiger charge is 2.39. The van der Waals surface area contributed by atoms with Crippen LogP contribution in [0.15, 0.2) is 12.7 Å². The Kier molecular flexibility index (Phi) is 12.2. The molecule has 0 fully saturated rings. The number of hydrogen-bond acceptors (Lipinski definition) is 3. The zero-order valence-corrected chi connectivity index (χ0v) is 19.2. The van der Waals surface area contributed by atoms with Crippen LogP contribution in [0.25, 0.3) is 0 Å². The molecule has 0 aliphatic carbocycles. The van der Waals surface area contributed by atoms with Crippen LogP contribution in [-0.4, -0.2) is 34.4 Å². The van der Waals surface area contributed by atoms with Gasteiger partial charge in [-0.1, -0.05) is 47.1 Å². The smallest absolute Gasteiger partial charge is 0.192 e. The van der Waals surface area contributed by atoms with Gasteiger partial charge in [-0.3, -0.25) is 0 Å². The first-order chi connectivity index (χ1) is 11.6. The molecule has 0 bridgehead atoms. The summed E-state index contributed by atoms with van der Waals surface area (Å²) in [7, 11) is -0.102. The number of methoxy groups -OCH3 is 1. The average Bonchev–Trinajstić information content (AvgIpc) is 2.49. The number of ether oxygens (including phenoxy) is 2. The molecule has 3 nitrogen and oxygen atoms in total. The van der Waals surface area contributed by atoms with Crippen LogP contribution in [-0.2, 0) is 13.9 Å². The van der Waals surface area contributed by atoms with E-state index in [0.717, 1.165) is 32.1 Å². The predicted octanol–water partition coefficient (Wildman–Crippen LogP) is 6.55. The quantitative estimate of drug-likeness (QED) is 0.197. The van der Waals surface area contributed by atoms with Gasteiger partial charge in [0.25, 0.3) is 0 Å². The molecule has 0 saturated heterocycles. The summed E-state index contributed by atoms with van der Waals surface area (Å²) >= 11 is 0. The van der Waals surface area contributed by atoms with Gasteiger partial charge in [0.2, 0.25) is 0 Å². The maximum Gasteiger partial charge on any atom is 0.192 e. The highest BCUT2D eigenvalue weighted by atomic mass is 28.4. The summed E-state index contributed by atoms with van der Waals surface area (Å²) < 4.78 is 17.8. The van der Waals surface area contributed by atoms with Crippen molar-refractivity contribution in [1.82, 2.24) is 0 Å². The first-order valence-electron chi connectivity index (χ1n) is 9.96. The molecule has 0 heterocycles. The van der Waals surface area contributed by atoms with Crippen LogP contribution in [0.4, 0.5) is 0 Å². The lowest BCUT2D eigenvalue weighted by Gasteiger charge is -2.40. The minimum Gasteiger partial charge on any atom is -0.414 e. The van der Waals surface area contributed by atoms with Crippen molar-refractivity contribution in [3.05, 3.63) is 12.7 Å². The van der Waals surface area contributed by atoms with Gasteiger partial charge in [0, 0.05) is 13.2 Å². The lowest BCUT2D eigenvalue weighted by molar-refractivity contribution is -0.0864. The molecule has 0 aliphatic rings. The second-order valence-electron chi connectivity index (χ2n) is 8.93. The van der Waals surface area contributed by atoms with Crippen molar-refractivity contribution in [3.8, 4) is 0 Å². The fourth-order valence-electron chi connectivity index (χ4n) is 2.74. The Hall–Kier alpha value is -0.163. The van der Waals surface area contributed by atoms with Gasteiger partial charge in [-0.15, -0.1) is 6.58 Å². The highest BCUT2D eigenvalue weighted by molar-refractivity contribution is 6.74. The van der Waals surface area contributed by atoms with E-state index in [1.165, 1.54) is 6.42 Å². The zero-order chi connectivity index (χ0) is 19.5. The molecule has 0 saturated carbocycles. The Morgan fingerprint density at radius 3 is 2.20 bits per heavy atom. The third-order valence-corrected chi connectivity index (χ3v) is 9.91. The van der Waals surface area contributed by atoms with E-state index < -0.39 is 8.32 Å². The largest absolute Gasteiger partial charge is 0.414 e. The third kappa shape index (κ3) is 10.5. The Morgan fingerprint density at radius 2 is 1.72 bits per heavy atom. The van der Waals surface area contributed by atoms with E-state index in [0.29, 0.717) is 12.7 Å². The van der Waals surface area contributed by atoms with Crippen molar-refractivity contribution in [1.29, 1.82) is 0 Å². The van der Waals surface area contributed by atoms with Crippen LogP contribution < -0.4 is 0 Å². The van der Waals surface area contributed by atoms with Gasteiger partial charge >= 0.3 is 0 Å². The van der Waals surface area contributed by atoms with Crippen LogP contribution in [0.3, 0.4) is 0 Å². The third-order valence-electron chi connectivity index (χ3n) is 5.38. The summed E-state index contributed by atoms with van der Waals surface area (Å²) in [6.45, 7) is 20.4. The first-order valence-corrected chi connectivity index (χ1v) is 12.9. The summed E-state index contributed by atoms with van der Waals surface area (Å²) in [5.41, 5.74) is 0. The number of rotatable bonds is 14. The maximum absolute atomic E-state index is 6.78. The van der Waals surface area contributed by atoms with Crippen LogP contribution in [0, 0.1) is 5.92 Å². The number of allylic oxidation sites excluding steroid dienone is 1. The van der Waals surface area contributed by atoms with E-state index in [4.69, 9.17) is 13.9 Å². The van der Waals surface area contributed by atoms with E-state index in [2.05, 4.69) is 54.3 Å². The zero-order valence-electron chi connectivity index (χ0n) is 18.2. The molecule has 0 aromatic carbocycles. The molecule has 0 rings (SSSR count). The molecule has 0 aliphatic heterocycles. The summed E-state index contributed by atoms with van der Waals surface area (Å²) in [6.07, 6.45) is 8.99. The molecule has 0 spiro atoms. The van der Waals surface area contributed by atoms with Gasteiger partial charge in [-0.25, -0.2) is 0 Å². The molecular formula is C21H44O3Si. The van der Waals surface area contributed by atoms with E-state index in [1.54, 1.807) is 7.11 Å². The topological polar surface area (TPSA) is 27.7 Å². The van der Waals surface area contributed by atoms with Gasteiger partial charge < -0.3 is 13.9 Å². The van der Waals surface area contributed by atoms with Crippen LogP contribution in [0.1, 0.15) is 73.1 Å². The minimum atomic E-state index is -1.79. The molecule has 3 atom stereocenters. The van der Waals surface area contributed by atoms with Crippen LogP contribution >= 0.6 is 0 Å². The van der Waals surface area contributed by atoms with E-state index in [-0.39, 0.29) is 17.2 Å². The lowest BCUT2D eigenvalue weighted by atomic mass is 9.96. The Labute approximate surface area is 158 Å².